The number of ether oxygens (including phenoxy) is 3. The Morgan fingerprint density at radius 2 is 1.39 bits per heavy atom. The van der Waals surface area contributed by atoms with E-state index in [1.807, 2.05) is 30.3 Å². The van der Waals surface area contributed by atoms with Gasteiger partial charge in [-0.3, -0.25) is 4.79 Å². The zero-order valence-corrected chi connectivity index (χ0v) is 20.0. The van der Waals surface area contributed by atoms with Gasteiger partial charge in [0, 0.05) is 19.8 Å². The molecule has 0 bridgehead atoms. The van der Waals surface area contributed by atoms with E-state index in [9.17, 15) is 4.79 Å². The first-order chi connectivity index (χ1) is 15.1. The van der Waals surface area contributed by atoms with E-state index >= 15 is 0 Å². The number of hydrogen-bond donors (Lipinski definition) is 0. The Kier molecular flexibility index (Phi) is 17.8. The highest BCUT2D eigenvalue weighted by Crippen LogP contribution is 2.31. The van der Waals surface area contributed by atoms with E-state index in [0.29, 0.717) is 23.7 Å². The van der Waals surface area contributed by atoms with Crippen LogP contribution in [0.1, 0.15) is 73.9 Å². The molecule has 0 saturated heterocycles. The molecule has 0 radical (unpaired) electrons. The summed E-state index contributed by atoms with van der Waals surface area (Å²) in [6.45, 7) is 8.65. The lowest BCUT2D eigenvalue weighted by Crippen LogP contribution is -1.99. The molecule has 4 heteroatoms. The summed E-state index contributed by atoms with van der Waals surface area (Å²) in [5, 5.41) is 0. The van der Waals surface area contributed by atoms with E-state index in [1.54, 1.807) is 39.5 Å². The van der Waals surface area contributed by atoms with E-state index in [-0.39, 0.29) is 0 Å². The number of unbranched alkanes of at least 4 members (excludes halogenated alkanes) is 5. The maximum absolute atomic E-state index is 11.0. The summed E-state index contributed by atoms with van der Waals surface area (Å²) in [6, 6.07) is 13.3. The van der Waals surface area contributed by atoms with Gasteiger partial charge in [-0.2, -0.15) is 0 Å². The highest BCUT2D eigenvalue weighted by molar-refractivity contribution is 5.83. The zero-order valence-electron chi connectivity index (χ0n) is 20.0. The molecule has 0 unspecified atom stereocenters. The molecule has 0 aliphatic carbocycles. The van der Waals surface area contributed by atoms with Crippen molar-refractivity contribution in [3.8, 4) is 11.5 Å². The van der Waals surface area contributed by atoms with E-state index in [1.165, 1.54) is 38.5 Å². The van der Waals surface area contributed by atoms with E-state index in [2.05, 4.69) is 25.2 Å². The minimum Gasteiger partial charge on any atom is -0.493 e. The normalized spacial score (nSPS) is 9.45. The predicted molar refractivity (Wildman–Crippen MR) is 131 cm³/mol. The van der Waals surface area contributed by atoms with Gasteiger partial charge in [0.05, 0.1) is 7.11 Å². The highest BCUT2D eigenvalue weighted by Gasteiger charge is 2.10. The monoisotopic (exact) mass is 428 g/mol. The molecule has 0 amide bonds. The molecule has 0 aliphatic heterocycles. The third-order valence-corrected chi connectivity index (χ3v) is 4.41. The number of carbonyl (C=O) groups excluding carboxylic acids is 1. The Labute approximate surface area is 189 Å². The minimum atomic E-state index is 0.439. The Morgan fingerprint density at radius 3 is 1.84 bits per heavy atom. The number of carbonyl (C=O) groups is 1. The van der Waals surface area contributed by atoms with Crippen LogP contribution in [0.5, 0.6) is 11.5 Å². The molecule has 0 heterocycles. The molecule has 172 valence electrons. The van der Waals surface area contributed by atoms with Crippen molar-refractivity contribution in [2.24, 2.45) is 0 Å². The van der Waals surface area contributed by atoms with Crippen LogP contribution < -0.4 is 9.47 Å². The van der Waals surface area contributed by atoms with Crippen molar-refractivity contribution in [2.45, 2.75) is 59.0 Å². The van der Waals surface area contributed by atoms with Crippen molar-refractivity contribution in [1.82, 2.24) is 0 Å². The second-order valence-corrected chi connectivity index (χ2v) is 7.05. The maximum Gasteiger partial charge on any atom is 0.162 e. The van der Waals surface area contributed by atoms with Gasteiger partial charge in [0.1, 0.15) is 6.61 Å². The molecule has 4 nitrogen and oxygen atoms in total. The summed E-state index contributed by atoms with van der Waals surface area (Å²) in [5.41, 5.74) is 2.32. The van der Waals surface area contributed by atoms with Crippen LogP contribution in [0.2, 0.25) is 0 Å². The van der Waals surface area contributed by atoms with Crippen LogP contribution in [0, 0.1) is 0 Å². The Bertz CT molecular complexity index is 705. The third-order valence-electron chi connectivity index (χ3n) is 4.41. The van der Waals surface area contributed by atoms with Crippen molar-refractivity contribution in [2.75, 3.05) is 21.3 Å². The van der Waals surface area contributed by atoms with E-state index in [4.69, 9.17) is 9.47 Å². The minimum absolute atomic E-state index is 0.439. The van der Waals surface area contributed by atoms with Gasteiger partial charge in [-0.25, -0.2) is 0 Å². The molecule has 2 aromatic rings. The lowest BCUT2D eigenvalue weighted by molar-refractivity contribution is 0.112. The number of aldehydes is 1. The quantitative estimate of drug-likeness (QED) is 0.277. The fraction of sp³-hybridized carbons (Fsp3) is 0.444. The molecule has 31 heavy (non-hydrogen) atoms. The highest BCUT2D eigenvalue weighted by atomic mass is 16.5. The first-order valence-electron chi connectivity index (χ1n) is 11.0. The Balaban J connectivity index is 0.000000685. The molecule has 0 saturated carbocycles. The first-order valence-corrected chi connectivity index (χ1v) is 11.0. The predicted octanol–water partition coefficient (Wildman–Crippen LogP) is 7.36. The molecule has 2 rings (SSSR count). The van der Waals surface area contributed by atoms with Crippen LogP contribution in [-0.4, -0.2) is 27.6 Å². The number of rotatable bonds is 11. The van der Waals surface area contributed by atoms with Crippen molar-refractivity contribution in [3.05, 3.63) is 65.7 Å². The van der Waals surface area contributed by atoms with Crippen LogP contribution >= 0.6 is 0 Å². The SMILES string of the molecule is C=Cc1cc(OCc2ccccc2)c(OC)cc1C=O.CCCCCCCC.COC. The lowest BCUT2D eigenvalue weighted by atomic mass is 10.1. The zero-order chi connectivity index (χ0) is 23.3. The Morgan fingerprint density at radius 1 is 0.839 bits per heavy atom. The second kappa shape index (κ2) is 19.4. The summed E-state index contributed by atoms with van der Waals surface area (Å²) in [7, 11) is 4.80. The molecule has 2 aromatic carbocycles. The van der Waals surface area contributed by atoms with Gasteiger partial charge in [-0.05, 0) is 23.3 Å². The summed E-state index contributed by atoms with van der Waals surface area (Å²) in [4.78, 5) is 11.0. The van der Waals surface area contributed by atoms with Gasteiger partial charge in [0.2, 0.25) is 0 Å². The topological polar surface area (TPSA) is 44.8 Å². The standard InChI is InChI=1S/C17H16O3.C8H18.C2H6O/c1-3-14-9-17(16(19-2)10-15(14)11-18)20-12-13-7-5-4-6-8-13;1-3-5-7-8-6-4-2;1-3-2/h3-11H,1,12H2,2H3;3-8H2,1-2H3;1-2H3. The number of methoxy groups -OCH3 is 2. The van der Waals surface area contributed by atoms with Gasteiger partial charge in [-0.1, -0.05) is 95.4 Å². The molecule has 0 atom stereocenters. The van der Waals surface area contributed by atoms with Crippen molar-refractivity contribution in [1.29, 1.82) is 0 Å². The van der Waals surface area contributed by atoms with Crippen LogP contribution in [-0.2, 0) is 11.3 Å². The average molecular weight is 429 g/mol. The smallest absolute Gasteiger partial charge is 0.162 e. The second-order valence-electron chi connectivity index (χ2n) is 7.05. The fourth-order valence-corrected chi connectivity index (χ4v) is 2.73. The van der Waals surface area contributed by atoms with Crippen LogP contribution in [0.4, 0.5) is 0 Å². The fourth-order valence-electron chi connectivity index (χ4n) is 2.73. The van der Waals surface area contributed by atoms with Gasteiger partial charge in [0.15, 0.2) is 17.8 Å². The van der Waals surface area contributed by atoms with Gasteiger partial charge >= 0.3 is 0 Å². The first kappa shape index (κ1) is 28.4. The summed E-state index contributed by atoms with van der Waals surface area (Å²) in [6.07, 6.45) is 10.9. The molecular weight excluding hydrogens is 388 g/mol. The lowest BCUT2D eigenvalue weighted by Gasteiger charge is -2.13. The molecule has 0 aliphatic rings. The van der Waals surface area contributed by atoms with Crippen LogP contribution in [0.25, 0.3) is 6.08 Å². The van der Waals surface area contributed by atoms with Gasteiger partial charge in [-0.15, -0.1) is 0 Å². The van der Waals surface area contributed by atoms with E-state index < -0.39 is 0 Å². The largest absolute Gasteiger partial charge is 0.493 e. The molecular formula is C27H40O4. The number of benzene rings is 2. The van der Waals surface area contributed by atoms with Crippen molar-refractivity contribution in [3.63, 3.8) is 0 Å². The van der Waals surface area contributed by atoms with E-state index in [0.717, 1.165) is 17.4 Å². The maximum atomic E-state index is 11.0. The molecule has 0 fully saturated rings. The third kappa shape index (κ3) is 12.6. The summed E-state index contributed by atoms with van der Waals surface area (Å²) in [5.74, 6) is 1.13. The van der Waals surface area contributed by atoms with Crippen LogP contribution in [0.3, 0.4) is 0 Å². The number of hydrogen-bond acceptors (Lipinski definition) is 4. The molecule has 0 aromatic heterocycles. The molecule has 0 N–H and O–H groups in total. The van der Waals surface area contributed by atoms with Crippen LogP contribution in [0.15, 0.2) is 49.0 Å². The van der Waals surface area contributed by atoms with Crippen molar-refractivity contribution < 1.29 is 19.0 Å². The average Bonchev–Trinajstić information content (AvgIpc) is 2.81. The Hall–Kier alpha value is -2.59. The summed E-state index contributed by atoms with van der Waals surface area (Å²) < 4.78 is 15.3. The molecule has 0 spiro atoms. The van der Waals surface area contributed by atoms with Gasteiger partial charge in [0.25, 0.3) is 0 Å². The summed E-state index contributed by atoms with van der Waals surface area (Å²) >= 11 is 0. The van der Waals surface area contributed by atoms with Crippen molar-refractivity contribution >= 4 is 12.4 Å². The van der Waals surface area contributed by atoms with Gasteiger partial charge < -0.3 is 14.2 Å².